The van der Waals surface area contributed by atoms with E-state index in [9.17, 15) is 33.5 Å². The molecule has 60 heavy (non-hydrogen) atoms. The Morgan fingerprint density at radius 3 is 2.52 bits per heavy atom. The van der Waals surface area contributed by atoms with Crippen molar-refractivity contribution in [2.45, 2.75) is 49.6 Å². The summed E-state index contributed by atoms with van der Waals surface area (Å²) in [6, 6.07) is 21.0. The number of hydrogen-bond acceptors (Lipinski definition) is 11. The van der Waals surface area contributed by atoms with Crippen LogP contribution in [0.4, 0.5) is 11.4 Å². The number of thioether (sulfide) groups is 1. The number of fused-ring (bicyclic) bond motifs is 2. The monoisotopic (exact) mass is 871 g/mol. The molecule has 0 unspecified atom stereocenters. The van der Waals surface area contributed by atoms with Crippen LogP contribution in [-0.2, 0) is 53.3 Å². The number of carbonyl (C=O) groups excluding carboxylic acids is 1. The summed E-state index contributed by atoms with van der Waals surface area (Å²) < 4.78 is 40.6. The maximum Gasteiger partial charge on any atom is 0.354 e. The van der Waals surface area contributed by atoms with Gasteiger partial charge in [-0.3, -0.25) is 24.2 Å². The second kappa shape index (κ2) is 17.0. The quantitative estimate of drug-likeness (QED) is 0.0393. The minimum Gasteiger partial charge on any atom is -0.507 e. The maximum absolute atomic E-state index is 14.0. The van der Waals surface area contributed by atoms with Crippen LogP contribution in [0.5, 0.6) is 5.75 Å². The topological polar surface area (TPSA) is 197 Å². The normalized spacial score (nSPS) is 11.8. The minimum absolute atomic E-state index is 0.0537. The molecule has 0 aliphatic rings. The Balaban J connectivity index is 1.17. The first-order valence-electron chi connectivity index (χ1n) is 18.8. The van der Waals surface area contributed by atoms with E-state index in [1.165, 1.54) is 29.6 Å². The average molecular weight is 872 g/mol. The molecule has 0 aliphatic heterocycles. The van der Waals surface area contributed by atoms with Gasteiger partial charge in [0.1, 0.15) is 22.9 Å². The average Bonchev–Trinajstić information content (AvgIpc) is 3.79. The van der Waals surface area contributed by atoms with Crippen LogP contribution in [0.25, 0.3) is 32.8 Å². The highest BCUT2D eigenvalue weighted by atomic mass is 35.5. The number of aromatic hydroxyl groups is 1. The molecule has 0 saturated heterocycles. The standard InChI is InChI=1S/C42H42ClN7O8S2/c1-24-37-35(49(16-9-17-51)40(24)42(53)58-5)15-14-32(43)39(37)38-25(2)47(3)45-34(38)23-60(56,57)46-33-13-8-11-27(41(33)50(54)55)18-28-20-29(48(4)44-28)22-59-30-19-26-10-6-7-12-31(26)36(52)21-30/h6-8,10-15,19-21,46,51-52H,9,16-18,22-23H2,1-5H3. The number of benzene rings is 4. The number of aliphatic hydroxyl groups is 1. The van der Waals surface area contributed by atoms with E-state index in [0.29, 0.717) is 57.7 Å². The first-order valence-corrected chi connectivity index (χ1v) is 21.8. The van der Waals surface area contributed by atoms with Crippen LogP contribution >= 0.6 is 23.4 Å². The maximum atomic E-state index is 14.0. The van der Waals surface area contributed by atoms with Crippen molar-refractivity contribution in [3.63, 3.8) is 0 Å². The summed E-state index contributed by atoms with van der Waals surface area (Å²) >= 11 is 8.42. The fourth-order valence-electron chi connectivity index (χ4n) is 7.69. The zero-order valence-electron chi connectivity index (χ0n) is 33.4. The lowest BCUT2D eigenvalue weighted by atomic mass is 9.97. The molecular formula is C42H42ClN7O8S2. The number of nitro groups is 1. The molecule has 0 radical (unpaired) electrons. The molecular weight excluding hydrogens is 830 g/mol. The third-order valence-corrected chi connectivity index (χ3v) is 13.0. The molecule has 0 aliphatic carbocycles. The number of nitro benzene ring substituents is 1. The Labute approximate surface area is 354 Å². The molecule has 7 aromatic rings. The summed E-state index contributed by atoms with van der Waals surface area (Å²) in [4.78, 5) is 25.9. The SMILES string of the molecule is COC(=O)c1c(C)c2c(-c3c(CS(=O)(=O)Nc4cccc(Cc5cc(CSc6cc(O)c7ccccc7c6)n(C)n5)c4[N+](=O)[O-])nn(C)c3C)c(Cl)ccc2n1CCCO. The zero-order valence-corrected chi connectivity index (χ0v) is 35.8. The Kier molecular flexibility index (Phi) is 12.0. The van der Waals surface area contributed by atoms with Gasteiger partial charge in [0.2, 0.25) is 10.0 Å². The number of methoxy groups -OCH3 is 1. The van der Waals surface area contributed by atoms with Gasteiger partial charge in [0, 0.05) is 93.7 Å². The highest BCUT2D eigenvalue weighted by Crippen LogP contribution is 2.43. The second-order valence-corrected chi connectivity index (χ2v) is 17.5. The Morgan fingerprint density at radius 1 is 1.02 bits per heavy atom. The summed E-state index contributed by atoms with van der Waals surface area (Å²) in [7, 11) is 0.378. The fraction of sp³-hybridized carbons (Fsp3) is 0.262. The first kappa shape index (κ1) is 42.3. The molecule has 3 heterocycles. The van der Waals surface area contributed by atoms with E-state index in [1.54, 1.807) is 67.5 Å². The largest absolute Gasteiger partial charge is 0.507 e. The number of aliphatic hydroxyl groups excluding tert-OH is 1. The number of carbonyl (C=O) groups is 1. The van der Waals surface area contributed by atoms with Crippen LogP contribution in [0.2, 0.25) is 5.02 Å². The highest BCUT2D eigenvalue weighted by molar-refractivity contribution is 7.98. The van der Waals surface area contributed by atoms with Crippen LogP contribution in [0.15, 0.2) is 77.7 Å². The number of phenols is 1. The van der Waals surface area contributed by atoms with Crippen molar-refractivity contribution in [3.8, 4) is 16.9 Å². The molecule has 0 amide bonds. The summed E-state index contributed by atoms with van der Waals surface area (Å²) in [5.74, 6) is -0.542. The molecule has 312 valence electrons. The van der Waals surface area contributed by atoms with Crippen molar-refractivity contribution in [1.82, 2.24) is 24.1 Å². The number of esters is 1. The molecule has 4 aromatic carbocycles. The predicted octanol–water partition coefficient (Wildman–Crippen LogP) is 7.81. The minimum atomic E-state index is -4.35. The van der Waals surface area contributed by atoms with E-state index >= 15 is 0 Å². The van der Waals surface area contributed by atoms with Gasteiger partial charge in [-0.05, 0) is 67.6 Å². The Hall–Kier alpha value is -5.88. The van der Waals surface area contributed by atoms with Crippen LogP contribution < -0.4 is 4.72 Å². The molecule has 0 fully saturated rings. The van der Waals surface area contributed by atoms with E-state index in [4.69, 9.17) is 16.3 Å². The predicted molar refractivity (Wildman–Crippen MR) is 232 cm³/mol. The second-order valence-electron chi connectivity index (χ2n) is 14.4. The van der Waals surface area contributed by atoms with Crippen molar-refractivity contribution < 1.29 is 33.1 Å². The smallest absolute Gasteiger partial charge is 0.354 e. The van der Waals surface area contributed by atoms with Crippen LogP contribution in [0.3, 0.4) is 0 Å². The lowest BCUT2D eigenvalue weighted by molar-refractivity contribution is -0.384. The number of sulfonamides is 1. The van der Waals surface area contributed by atoms with Gasteiger partial charge in [0.05, 0.1) is 23.4 Å². The van der Waals surface area contributed by atoms with E-state index < -0.39 is 32.4 Å². The summed E-state index contributed by atoms with van der Waals surface area (Å²) in [6.07, 6.45) is 0.416. The van der Waals surface area contributed by atoms with Gasteiger partial charge in [0.25, 0.3) is 5.69 Å². The summed E-state index contributed by atoms with van der Waals surface area (Å²) in [5.41, 5.74) is 4.11. The number of aromatic nitrogens is 5. The van der Waals surface area contributed by atoms with Crippen molar-refractivity contribution in [2.75, 3.05) is 18.4 Å². The number of para-hydroxylation sites is 1. The number of aryl methyl sites for hydroxylation is 4. The number of phenolic OH excluding ortho intramolecular Hbond substituents is 1. The van der Waals surface area contributed by atoms with Gasteiger partial charge in [0.15, 0.2) is 0 Å². The molecule has 15 nitrogen and oxygen atoms in total. The third kappa shape index (κ3) is 8.17. The molecule has 7 rings (SSSR count). The summed E-state index contributed by atoms with van der Waals surface area (Å²) in [6.45, 7) is 3.72. The van der Waals surface area contributed by atoms with Crippen molar-refractivity contribution in [3.05, 3.63) is 128 Å². The summed E-state index contributed by atoms with van der Waals surface area (Å²) in [5, 5.41) is 44.5. The molecule has 18 heteroatoms. The lowest BCUT2D eigenvalue weighted by Gasteiger charge is -2.13. The number of rotatable bonds is 15. The van der Waals surface area contributed by atoms with Gasteiger partial charge in [-0.15, -0.1) is 11.8 Å². The molecule has 0 saturated carbocycles. The number of anilines is 1. The molecule has 3 aromatic heterocycles. The van der Waals surface area contributed by atoms with Gasteiger partial charge in [-0.25, -0.2) is 13.2 Å². The van der Waals surface area contributed by atoms with Gasteiger partial charge in [-0.2, -0.15) is 10.2 Å². The lowest BCUT2D eigenvalue weighted by Crippen LogP contribution is -2.17. The Bertz CT molecular complexity index is 2940. The van der Waals surface area contributed by atoms with Gasteiger partial charge in [-0.1, -0.05) is 48.0 Å². The van der Waals surface area contributed by atoms with Crippen molar-refractivity contribution in [2.24, 2.45) is 14.1 Å². The highest BCUT2D eigenvalue weighted by Gasteiger charge is 2.30. The number of nitrogens with one attached hydrogen (secondary N) is 1. The molecule has 0 atom stereocenters. The number of ether oxygens (including phenoxy) is 1. The van der Waals surface area contributed by atoms with Gasteiger partial charge >= 0.3 is 5.97 Å². The molecule has 0 spiro atoms. The van der Waals surface area contributed by atoms with Crippen molar-refractivity contribution in [1.29, 1.82) is 0 Å². The first-order chi connectivity index (χ1) is 28.6. The molecule has 3 N–H and O–H groups in total. The zero-order chi connectivity index (χ0) is 43.0. The number of nitrogens with zero attached hydrogens (tertiary/aromatic N) is 6. The fourth-order valence-corrected chi connectivity index (χ4v) is 10.1. The van der Waals surface area contributed by atoms with Gasteiger partial charge < -0.3 is 19.5 Å². The van der Waals surface area contributed by atoms with Crippen molar-refractivity contribution >= 4 is 72.4 Å². The third-order valence-electron chi connectivity index (χ3n) is 10.5. The Morgan fingerprint density at radius 2 is 1.78 bits per heavy atom. The van der Waals surface area contributed by atoms with E-state index in [-0.39, 0.29) is 46.4 Å². The van der Waals surface area contributed by atoms with Crippen LogP contribution in [-0.4, -0.2) is 67.4 Å². The number of halogens is 1. The number of hydrogen-bond donors (Lipinski definition) is 3. The van der Waals surface area contributed by atoms with Crippen LogP contribution in [0.1, 0.15) is 50.8 Å². The van der Waals surface area contributed by atoms with Crippen LogP contribution in [0, 0.1) is 24.0 Å². The van der Waals surface area contributed by atoms with E-state index in [0.717, 1.165) is 21.4 Å². The van der Waals surface area contributed by atoms with E-state index in [2.05, 4.69) is 14.9 Å². The van der Waals surface area contributed by atoms with E-state index in [1.807, 2.05) is 36.4 Å². The molecule has 0 bridgehead atoms.